The summed E-state index contributed by atoms with van der Waals surface area (Å²) in [6, 6.07) is 13.6. The molecule has 3 aliphatic heterocycles. The Morgan fingerprint density at radius 2 is 1.24 bits per heavy atom. The first-order chi connectivity index (χ1) is 32.8. The Labute approximate surface area is 449 Å². The molecule has 4 aromatic heterocycles. The number of methoxy groups -OCH3 is 2. The number of H-pyrrole nitrogens is 2. The summed E-state index contributed by atoms with van der Waals surface area (Å²) in [5, 5.41) is 5.83. The predicted molar refractivity (Wildman–Crippen MR) is 295 cm³/mol. The van der Waals surface area contributed by atoms with Crippen molar-refractivity contribution < 1.29 is 37.8 Å². The number of aromatic nitrogens is 5. The van der Waals surface area contributed by atoms with Gasteiger partial charge in [-0.05, 0) is 92.7 Å². The van der Waals surface area contributed by atoms with Crippen molar-refractivity contribution in [2.75, 3.05) is 27.3 Å². The number of benzene rings is 2. The fourth-order valence-electron chi connectivity index (χ4n) is 10.1. The van der Waals surface area contributed by atoms with E-state index in [1.54, 1.807) is 33.5 Å². The number of alkyl carbamates (subject to hydrolysis) is 2. The number of aromatic amines is 2. The van der Waals surface area contributed by atoms with E-state index in [2.05, 4.69) is 32.7 Å². The van der Waals surface area contributed by atoms with Crippen LogP contribution >= 0.6 is 65.3 Å². The minimum atomic E-state index is -0.754. The Morgan fingerprint density at radius 1 is 0.722 bits per heavy atom. The zero-order valence-electron chi connectivity index (χ0n) is 40.9. The van der Waals surface area contributed by atoms with E-state index < -0.39 is 30.5 Å². The summed E-state index contributed by atoms with van der Waals surface area (Å²) in [6.45, 7) is 8.60. The molecule has 3 fully saturated rings. The lowest BCUT2D eigenvalue weighted by Gasteiger charge is -2.30. The minimum Gasteiger partial charge on any atom is -0.464 e. The number of carbonyl (C=O) groups is 4. The second-order valence-electron chi connectivity index (χ2n) is 18.9. The van der Waals surface area contributed by atoms with Gasteiger partial charge in [0.2, 0.25) is 18.0 Å². The highest BCUT2D eigenvalue weighted by molar-refractivity contribution is 7.59. The number of thiophene rings is 1. The second-order valence-corrected chi connectivity index (χ2v) is 20.1. The van der Waals surface area contributed by atoms with Crippen LogP contribution in [0, 0.1) is 17.7 Å². The average molecular weight is 1080 g/mol. The summed E-state index contributed by atoms with van der Waals surface area (Å²) < 4.78 is 35.9. The van der Waals surface area contributed by atoms with Crippen LogP contribution in [0.2, 0.25) is 0 Å². The normalized spacial score (nSPS) is 18.7. The molecule has 4 N–H and O–H groups in total. The standard InChI is InChI=1S/C50H56FN9O7S.4H2S/c1-25(2)41(56-49(63)65-5)46(61)58-19-7-9-35(58)44-52-23-32(54-44)28-14-16-34-31(21-28)40(51)43-30-15-13-29(22-37(30)67-48(60(34)43)39-18-17-38(68-39)27-11-12-27)33-24-53-45(55-33)36-10-8-20-59(36)47(62)42(26(3)4)57-50(64)66-6;;;;/h13-18,21-27,35-36,41-42,48H,7-12,19-20H2,1-6H3,(H,52,54)(H,53,55)(H,56,63)(H,57,64);4*1H2/t35-,36-,41-,42-,48?;;;;/m0..../s1. The molecule has 0 bridgehead atoms. The van der Waals surface area contributed by atoms with Crippen LogP contribution in [0.1, 0.15) is 112 Å². The molecule has 1 aliphatic carbocycles. The SMILES string of the molecule is COC(=O)N[C@H](C(=O)N1CCC[C@H]1c1ncc(-c2ccc3c(c2)OC(c2ccc(C4CC4)s2)n2c-3c(F)c3cc(-c4cnc([C@@H]5CCCN5C(=O)[C@@H](NC(=O)OC)C(C)C)[nH]4)ccc32)[nH]1)C(C)C.S.S.S.S. The van der Waals surface area contributed by atoms with E-state index in [1.165, 1.54) is 19.1 Å². The van der Waals surface area contributed by atoms with E-state index in [0.29, 0.717) is 77.1 Å². The molecule has 7 heterocycles. The molecule has 10 rings (SSSR count). The molecule has 388 valence electrons. The molecule has 4 aliphatic rings. The van der Waals surface area contributed by atoms with E-state index in [-0.39, 0.29) is 95.5 Å². The van der Waals surface area contributed by atoms with Crippen molar-refractivity contribution in [2.24, 2.45) is 11.8 Å². The Kier molecular flexibility index (Phi) is 17.8. The summed E-state index contributed by atoms with van der Waals surface area (Å²) in [5.41, 5.74) is 4.65. The molecule has 0 radical (unpaired) electrons. The van der Waals surface area contributed by atoms with Gasteiger partial charge in [-0.3, -0.25) is 14.2 Å². The first-order valence-electron chi connectivity index (χ1n) is 23.5. The zero-order chi connectivity index (χ0) is 47.5. The summed E-state index contributed by atoms with van der Waals surface area (Å²) in [6.07, 6.45) is 6.82. The van der Waals surface area contributed by atoms with Crippen LogP contribution < -0.4 is 15.4 Å². The highest BCUT2D eigenvalue weighted by Crippen LogP contribution is 2.50. The molecule has 2 aromatic carbocycles. The van der Waals surface area contributed by atoms with Crippen molar-refractivity contribution in [3.8, 4) is 39.5 Å². The number of ether oxygens (including phenoxy) is 3. The summed E-state index contributed by atoms with van der Waals surface area (Å²) in [5.74, 6) is 1.26. The van der Waals surface area contributed by atoms with E-state index in [0.717, 1.165) is 47.4 Å². The Hall–Kier alpha value is -5.29. The Morgan fingerprint density at radius 3 is 1.75 bits per heavy atom. The third-order valence-electron chi connectivity index (χ3n) is 13.8. The van der Waals surface area contributed by atoms with Crippen LogP contribution in [0.15, 0.2) is 60.9 Å². The van der Waals surface area contributed by atoms with Gasteiger partial charge < -0.3 is 44.6 Å². The quantitative estimate of drug-likeness (QED) is 0.0925. The zero-order valence-corrected chi connectivity index (χ0v) is 45.7. The first-order valence-corrected chi connectivity index (χ1v) is 24.3. The molecular weight excluding hydrogens is 1020 g/mol. The van der Waals surface area contributed by atoms with Gasteiger partial charge in [0, 0.05) is 40.0 Å². The van der Waals surface area contributed by atoms with Gasteiger partial charge in [-0.2, -0.15) is 54.0 Å². The topological polar surface area (TPSA) is 189 Å². The fraction of sp³-hybridized carbons (Fsp3) is 0.440. The van der Waals surface area contributed by atoms with Gasteiger partial charge in [0.05, 0.1) is 66.2 Å². The number of hydrogen-bond acceptors (Lipinski definition) is 10. The lowest BCUT2D eigenvalue weighted by atomic mass is 10.0. The summed E-state index contributed by atoms with van der Waals surface area (Å²) in [4.78, 5) is 74.1. The molecule has 6 aromatic rings. The monoisotopic (exact) mass is 1080 g/mol. The maximum absolute atomic E-state index is 17.4. The van der Waals surface area contributed by atoms with Crippen molar-refractivity contribution in [1.82, 2.24) is 44.9 Å². The Bertz CT molecular complexity index is 2930. The van der Waals surface area contributed by atoms with Gasteiger partial charge in [-0.25, -0.2) is 23.9 Å². The molecule has 72 heavy (non-hydrogen) atoms. The van der Waals surface area contributed by atoms with Crippen LogP contribution in [-0.2, 0) is 19.1 Å². The van der Waals surface area contributed by atoms with Gasteiger partial charge in [-0.1, -0.05) is 39.8 Å². The van der Waals surface area contributed by atoms with Crippen LogP contribution in [-0.4, -0.2) is 97.7 Å². The molecule has 1 saturated carbocycles. The van der Waals surface area contributed by atoms with Gasteiger partial charge in [0.1, 0.15) is 29.5 Å². The van der Waals surface area contributed by atoms with Crippen molar-refractivity contribution >= 4 is 100 Å². The smallest absolute Gasteiger partial charge is 0.407 e. The molecular formula is C50H64FN9O7S5. The third-order valence-corrected chi connectivity index (χ3v) is 15.1. The number of nitrogens with one attached hydrogen (secondary N) is 4. The van der Waals surface area contributed by atoms with E-state index in [1.807, 2.05) is 68.7 Å². The number of hydrogen-bond donors (Lipinski definition) is 4. The van der Waals surface area contributed by atoms with Crippen molar-refractivity contribution in [3.63, 3.8) is 0 Å². The number of nitrogens with zero attached hydrogens (tertiary/aromatic N) is 5. The molecule has 4 amide bonds. The van der Waals surface area contributed by atoms with Gasteiger partial charge in [-0.15, -0.1) is 11.3 Å². The van der Waals surface area contributed by atoms with E-state index >= 15 is 4.39 Å². The third kappa shape index (κ3) is 10.4. The van der Waals surface area contributed by atoms with Gasteiger partial charge in [0.15, 0.2) is 5.82 Å². The maximum Gasteiger partial charge on any atom is 0.407 e. The molecule has 16 nitrogen and oxygen atoms in total. The Balaban J connectivity index is 0.00000212. The number of halogens is 1. The molecule has 1 unspecified atom stereocenters. The highest BCUT2D eigenvalue weighted by atomic mass is 32.1. The molecule has 0 spiro atoms. The minimum absolute atomic E-state index is 0. The number of likely N-dealkylation sites (tertiary alicyclic amines) is 2. The van der Waals surface area contributed by atoms with Crippen LogP contribution in [0.3, 0.4) is 0 Å². The number of amides is 4. The highest BCUT2D eigenvalue weighted by Gasteiger charge is 2.40. The summed E-state index contributed by atoms with van der Waals surface area (Å²) in [7, 11) is 2.55. The number of imidazole rings is 2. The van der Waals surface area contributed by atoms with Crippen LogP contribution in [0.5, 0.6) is 5.75 Å². The largest absolute Gasteiger partial charge is 0.464 e. The number of rotatable bonds is 12. The van der Waals surface area contributed by atoms with Crippen molar-refractivity contribution in [2.45, 2.75) is 103 Å². The van der Waals surface area contributed by atoms with Crippen molar-refractivity contribution in [3.05, 3.63) is 88.1 Å². The maximum atomic E-state index is 17.4. The number of fused-ring (bicyclic) bond motifs is 5. The average Bonchev–Trinajstić information content (AvgIpc) is 4.05. The lowest BCUT2D eigenvalue weighted by molar-refractivity contribution is -0.136. The van der Waals surface area contributed by atoms with Gasteiger partial charge in [0.25, 0.3) is 0 Å². The first kappa shape index (κ1) is 56.0. The van der Waals surface area contributed by atoms with E-state index in [4.69, 9.17) is 24.2 Å². The van der Waals surface area contributed by atoms with Crippen LogP contribution in [0.25, 0.3) is 44.7 Å². The van der Waals surface area contributed by atoms with E-state index in [9.17, 15) is 19.2 Å². The van der Waals surface area contributed by atoms with Crippen molar-refractivity contribution in [1.29, 1.82) is 0 Å². The number of carbonyl (C=O) groups excluding carboxylic acids is 4. The van der Waals surface area contributed by atoms with Gasteiger partial charge >= 0.3 is 12.2 Å². The predicted octanol–water partition coefficient (Wildman–Crippen LogP) is 9.65. The summed E-state index contributed by atoms with van der Waals surface area (Å²) >= 11 is 1.70. The van der Waals surface area contributed by atoms with Crippen LogP contribution in [0.4, 0.5) is 14.0 Å². The molecule has 22 heteroatoms. The fourth-order valence-corrected chi connectivity index (χ4v) is 11.3. The lowest BCUT2D eigenvalue weighted by Crippen LogP contribution is -2.51. The second kappa shape index (κ2) is 22.9. The molecule has 2 saturated heterocycles. The molecule has 5 atom stereocenters.